The molecule has 0 radical (unpaired) electrons. The van der Waals surface area contributed by atoms with Crippen molar-refractivity contribution in [3.05, 3.63) is 46.6 Å². The lowest BCUT2D eigenvalue weighted by atomic mass is 9.84. The molecular formula is C30H39N9O12S2. The number of anilines is 1. The van der Waals surface area contributed by atoms with Gasteiger partial charge >= 0.3 is 16.4 Å². The number of hydroxylamine groups is 2. The number of fused-ring (bicyclic) bond motifs is 1. The third-order valence-corrected chi connectivity index (χ3v) is 9.32. The molecule has 1 aromatic heterocycles. The third kappa shape index (κ3) is 9.36. The van der Waals surface area contributed by atoms with Crippen molar-refractivity contribution in [1.29, 1.82) is 0 Å². The van der Waals surface area contributed by atoms with E-state index in [1.165, 1.54) is 26.2 Å². The molecule has 0 spiro atoms. The summed E-state index contributed by atoms with van der Waals surface area (Å²) in [7, 11) is -5.03. The molecule has 21 nitrogen and oxygen atoms in total. The van der Waals surface area contributed by atoms with E-state index in [2.05, 4.69) is 35.4 Å². The van der Waals surface area contributed by atoms with E-state index in [-0.39, 0.29) is 23.7 Å². The van der Waals surface area contributed by atoms with Gasteiger partial charge in [0, 0.05) is 18.1 Å². The number of carbonyl (C=O) groups is 4. The van der Waals surface area contributed by atoms with Crippen LogP contribution in [0.15, 0.2) is 39.9 Å². The predicted molar refractivity (Wildman–Crippen MR) is 189 cm³/mol. The molecule has 10 N–H and O–H groups in total. The number of amides is 2. The second-order valence-electron chi connectivity index (χ2n) is 12.3. The number of nitrogens with zero attached hydrogens (tertiary/aromatic N) is 4. The summed E-state index contributed by atoms with van der Waals surface area (Å²) in [5.41, 5.74) is 9.89. The Morgan fingerprint density at radius 3 is 2.62 bits per heavy atom. The summed E-state index contributed by atoms with van der Waals surface area (Å²) >= 11 is 0.968. The monoisotopic (exact) mass is 781 g/mol. The van der Waals surface area contributed by atoms with Crippen LogP contribution in [-0.4, -0.2) is 112 Å². The number of carboxylic acid groups (broad SMARTS) is 2. The number of ether oxygens (including phenoxy) is 1. The van der Waals surface area contributed by atoms with E-state index >= 15 is 0 Å². The molecule has 3 aliphatic rings. The third-order valence-electron chi connectivity index (χ3n) is 8.31. The Labute approximate surface area is 307 Å². The number of nitrogens with one attached hydrogen (secondary N) is 3. The van der Waals surface area contributed by atoms with E-state index in [0.717, 1.165) is 34.5 Å². The van der Waals surface area contributed by atoms with Gasteiger partial charge in [-0.25, -0.2) is 14.8 Å². The number of oxime groups is 1. The van der Waals surface area contributed by atoms with Gasteiger partial charge in [0.05, 0.1) is 12.1 Å². The van der Waals surface area contributed by atoms with Crippen molar-refractivity contribution in [2.75, 3.05) is 25.4 Å². The standard InChI is InChI=1S/C29H37N9O10S2.CH2O2/c1-28(2)22(24(40)38(28)48-50(43,44)45)36-23(39)21(18-14-49-26(31)35-18)37-47-29(3,25(41)42)20-8-6-16-11-15(5-7-19(16)46-20)17-12-33-27(34-13-17)32-10-4-9-30;2-1-3/h5,7,11-12,14,20,22H,4,6,8-10,13,30H2,1-3H3,(H2,31,35)(H,36,39)(H,41,42)(H2,32,33,34)(H,43,44,45);1H,(H,2,3)/b37-21-;/t20-,22-,29?;/m1./s1. The van der Waals surface area contributed by atoms with Crippen molar-refractivity contribution in [2.24, 2.45) is 15.9 Å². The number of nitrogens with two attached hydrogens (primary N) is 2. The normalized spacial score (nSPS) is 20.3. The zero-order valence-electron chi connectivity index (χ0n) is 28.6. The number of nitrogen functional groups attached to an aromatic ring is 1. The van der Waals surface area contributed by atoms with Gasteiger partial charge in [0.15, 0.2) is 22.9 Å². The molecule has 0 saturated carbocycles. The molecule has 3 atom stereocenters. The first-order valence-corrected chi connectivity index (χ1v) is 18.0. The van der Waals surface area contributed by atoms with Gasteiger partial charge in [-0.15, -0.1) is 15.6 Å². The first-order chi connectivity index (χ1) is 24.9. The Bertz CT molecular complexity index is 1930. The van der Waals surface area contributed by atoms with Crippen LogP contribution in [0.25, 0.3) is 5.57 Å². The lowest BCUT2D eigenvalue weighted by Gasteiger charge is -2.50. The molecule has 3 aliphatic heterocycles. The van der Waals surface area contributed by atoms with Crippen LogP contribution in [0.2, 0.25) is 0 Å². The van der Waals surface area contributed by atoms with Crippen LogP contribution < -0.4 is 32.2 Å². The molecule has 23 heteroatoms. The van der Waals surface area contributed by atoms with Crippen LogP contribution >= 0.6 is 11.3 Å². The zero-order chi connectivity index (χ0) is 39.1. The molecule has 2 amide bonds. The van der Waals surface area contributed by atoms with Gasteiger partial charge in [-0.3, -0.25) is 18.9 Å². The van der Waals surface area contributed by atoms with Gasteiger partial charge in [0.2, 0.25) is 0 Å². The number of β-lactam (4-membered cyclic amide) rings is 1. The van der Waals surface area contributed by atoms with Crippen LogP contribution in [0.3, 0.4) is 0 Å². The molecule has 1 saturated heterocycles. The number of aliphatic carboxylic acids is 1. The van der Waals surface area contributed by atoms with Crippen molar-refractivity contribution in [3.8, 4) is 5.75 Å². The fourth-order valence-electron chi connectivity index (χ4n) is 5.37. The van der Waals surface area contributed by atoms with E-state index in [4.69, 9.17) is 35.5 Å². The molecule has 53 heavy (non-hydrogen) atoms. The van der Waals surface area contributed by atoms with Crippen molar-refractivity contribution >= 4 is 68.4 Å². The number of carboxylic acids is 1. The van der Waals surface area contributed by atoms with Crippen molar-refractivity contribution in [3.63, 3.8) is 0 Å². The SMILES string of the molecule is CC(O/N=C(\C(=O)N[C@@H]1C(=O)N(OS(=O)(=O)O)C1(C)C)c1csc(N)n1)(C(=O)O)[C@H]1CCc2cc(C3=CNC(NCCCN)=NC3)ccc2O1.O=CO. The largest absolute Gasteiger partial charge is 0.485 e. The van der Waals surface area contributed by atoms with Gasteiger partial charge in [-0.2, -0.15) is 13.5 Å². The lowest BCUT2D eigenvalue weighted by Crippen LogP contribution is -2.76. The maximum absolute atomic E-state index is 13.5. The van der Waals surface area contributed by atoms with E-state index in [9.17, 15) is 27.9 Å². The first kappa shape index (κ1) is 40.4. The summed E-state index contributed by atoms with van der Waals surface area (Å²) in [6, 6.07) is 4.21. The summed E-state index contributed by atoms with van der Waals surface area (Å²) in [5, 5.41) is 31.6. The number of aromatic nitrogens is 1. The van der Waals surface area contributed by atoms with Gasteiger partial charge in [-0.05, 0) is 75.4 Å². The average molecular weight is 782 g/mol. The summed E-state index contributed by atoms with van der Waals surface area (Å²) in [4.78, 5) is 61.3. The summed E-state index contributed by atoms with van der Waals surface area (Å²) in [6.45, 7) is 5.49. The maximum atomic E-state index is 13.5. The smallest absolute Gasteiger partial charge is 0.418 e. The molecule has 0 aliphatic carbocycles. The highest BCUT2D eigenvalue weighted by Gasteiger charge is 2.58. The van der Waals surface area contributed by atoms with Gasteiger partial charge in [0.1, 0.15) is 17.5 Å². The number of thiazole rings is 1. The van der Waals surface area contributed by atoms with E-state index in [1.807, 2.05) is 18.3 Å². The Morgan fingerprint density at radius 2 is 2.06 bits per heavy atom. The molecule has 1 unspecified atom stereocenters. The van der Waals surface area contributed by atoms with Crippen LogP contribution in [0, 0.1) is 0 Å². The Kier molecular flexibility index (Phi) is 12.6. The fraction of sp³-hybridized carbons (Fsp3) is 0.433. The molecule has 4 heterocycles. The second kappa shape index (κ2) is 16.5. The topological polar surface area (TPSA) is 320 Å². The highest BCUT2D eigenvalue weighted by molar-refractivity contribution is 7.80. The molecule has 288 valence electrons. The average Bonchev–Trinajstić information content (AvgIpc) is 3.54. The number of aliphatic imine (C=N–C) groups is 1. The molecule has 0 bridgehead atoms. The number of rotatable bonds is 13. The van der Waals surface area contributed by atoms with Crippen molar-refractivity contribution in [2.45, 2.75) is 63.3 Å². The minimum Gasteiger partial charge on any atom is -0.485 e. The van der Waals surface area contributed by atoms with E-state index in [0.29, 0.717) is 42.8 Å². The molecule has 1 aromatic carbocycles. The molecular weight excluding hydrogens is 743 g/mol. The summed E-state index contributed by atoms with van der Waals surface area (Å²) < 4.78 is 41.8. The highest BCUT2D eigenvalue weighted by atomic mass is 32.3. The summed E-state index contributed by atoms with van der Waals surface area (Å²) in [6.07, 6.45) is 2.30. The van der Waals surface area contributed by atoms with Crippen LogP contribution in [0.4, 0.5) is 5.13 Å². The maximum Gasteiger partial charge on any atom is 0.418 e. The molecule has 2 aromatic rings. The second-order valence-corrected chi connectivity index (χ2v) is 14.2. The van der Waals surface area contributed by atoms with Gasteiger partial charge in [-0.1, -0.05) is 11.2 Å². The van der Waals surface area contributed by atoms with Crippen molar-refractivity contribution < 1.29 is 56.2 Å². The highest BCUT2D eigenvalue weighted by Crippen LogP contribution is 2.36. The minimum absolute atomic E-state index is 0.0621. The fourth-order valence-corrected chi connectivity index (χ4v) is 6.38. The lowest BCUT2D eigenvalue weighted by molar-refractivity contribution is -0.218. The van der Waals surface area contributed by atoms with Crippen LogP contribution in [0.5, 0.6) is 5.75 Å². The molecule has 1 fully saturated rings. The zero-order valence-corrected chi connectivity index (χ0v) is 30.3. The number of hydrogen-bond donors (Lipinski definition) is 8. The summed E-state index contributed by atoms with van der Waals surface area (Å²) in [5.74, 6) is -2.31. The van der Waals surface area contributed by atoms with E-state index < -0.39 is 57.2 Å². The van der Waals surface area contributed by atoms with Crippen molar-refractivity contribution in [1.82, 2.24) is 26.0 Å². The number of hydrogen-bond acceptors (Lipinski definition) is 17. The number of benzene rings is 1. The van der Waals surface area contributed by atoms with Gasteiger partial charge < -0.3 is 47.2 Å². The Balaban J connectivity index is 0.00000202. The van der Waals surface area contributed by atoms with Crippen LogP contribution in [-0.2, 0) is 45.1 Å². The van der Waals surface area contributed by atoms with E-state index in [1.54, 1.807) is 6.07 Å². The Hall–Kier alpha value is -5.36. The Morgan fingerprint density at radius 1 is 1.34 bits per heavy atom. The molecule has 5 rings (SSSR count). The minimum atomic E-state index is -5.03. The van der Waals surface area contributed by atoms with Gasteiger partial charge in [0.25, 0.3) is 23.9 Å². The predicted octanol–water partition coefficient (Wildman–Crippen LogP) is -0.538. The number of guanidine groups is 1. The first-order valence-electron chi connectivity index (χ1n) is 15.8. The number of aryl methyl sites for hydroxylation is 1. The van der Waals surface area contributed by atoms with Crippen LogP contribution in [0.1, 0.15) is 50.4 Å². The quantitative estimate of drug-likeness (QED) is 0.0316. The number of carbonyl (C=O) groups excluding carboxylic acids is 2.